The fourth-order valence-electron chi connectivity index (χ4n) is 4.97. The van der Waals surface area contributed by atoms with Crippen LogP contribution in [0.1, 0.15) is 117 Å². The predicted molar refractivity (Wildman–Crippen MR) is 181 cm³/mol. The number of unbranched alkanes of at least 4 members (excludes halogenated alkanes) is 2. The van der Waals surface area contributed by atoms with Crippen LogP contribution in [0.4, 0.5) is 5.69 Å². The SMILES string of the molecule is CCCCCC(CC(=O)Nc1cc(C(C)(C)CO[Si](C)(C)C(C)(C)C)ccc1C(C)(C)C)c1ccc(OC)cc1OC. The van der Waals surface area contributed by atoms with Crippen molar-refractivity contribution >= 4 is 19.9 Å². The van der Waals surface area contributed by atoms with E-state index in [0.717, 1.165) is 54.0 Å². The molecule has 0 aliphatic heterocycles. The lowest BCUT2D eigenvalue weighted by Gasteiger charge is -2.39. The summed E-state index contributed by atoms with van der Waals surface area (Å²) in [6, 6.07) is 12.5. The fourth-order valence-corrected chi connectivity index (χ4v) is 6.13. The number of amides is 1. The van der Waals surface area contributed by atoms with Gasteiger partial charge in [-0.3, -0.25) is 4.79 Å². The highest BCUT2D eigenvalue weighted by Gasteiger charge is 2.39. The number of carbonyl (C=O) groups is 1. The number of methoxy groups -OCH3 is 2. The smallest absolute Gasteiger partial charge is 0.224 e. The Balaban J connectivity index is 2.39. The lowest BCUT2D eigenvalue weighted by Crippen LogP contribution is -2.44. The minimum atomic E-state index is -1.89. The van der Waals surface area contributed by atoms with Gasteiger partial charge in [0.15, 0.2) is 8.32 Å². The molecule has 0 bridgehead atoms. The molecule has 2 aromatic carbocycles. The van der Waals surface area contributed by atoms with Crippen molar-refractivity contribution in [3.63, 3.8) is 0 Å². The molecule has 0 radical (unpaired) electrons. The number of carbonyl (C=O) groups excluding carboxylic acids is 1. The standard InChI is InChI=1S/C36H59NO4Si/c1-14-15-16-17-26(29-20-19-28(39-10)24-32(29)40-11)22-33(38)37-31-23-27(18-21-30(31)34(2,3)4)36(8,9)25-41-42(12,13)35(5,6)7/h18-21,23-24,26H,14-17,22,25H2,1-13H3,(H,37,38). The van der Waals surface area contributed by atoms with Gasteiger partial charge < -0.3 is 19.2 Å². The van der Waals surface area contributed by atoms with Crippen LogP contribution in [0.3, 0.4) is 0 Å². The van der Waals surface area contributed by atoms with Gasteiger partial charge in [-0.2, -0.15) is 0 Å². The summed E-state index contributed by atoms with van der Waals surface area (Å²) >= 11 is 0. The summed E-state index contributed by atoms with van der Waals surface area (Å²) in [7, 11) is 1.44. The summed E-state index contributed by atoms with van der Waals surface area (Å²) in [6.45, 7) is 25.3. The second-order valence-corrected chi connectivity index (χ2v) is 19.8. The number of hydrogen-bond acceptors (Lipinski definition) is 4. The number of rotatable bonds is 14. The van der Waals surface area contributed by atoms with Crippen molar-refractivity contribution in [2.75, 3.05) is 26.1 Å². The Morgan fingerprint density at radius 3 is 2.12 bits per heavy atom. The molecule has 1 unspecified atom stereocenters. The first kappa shape index (κ1) is 35.9. The molecule has 1 amide bonds. The Kier molecular flexibility index (Phi) is 12.3. The minimum absolute atomic E-state index is 0.0207. The molecule has 236 valence electrons. The second-order valence-electron chi connectivity index (χ2n) is 15.0. The van der Waals surface area contributed by atoms with Crippen molar-refractivity contribution < 1.29 is 18.7 Å². The van der Waals surface area contributed by atoms with Gasteiger partial charge in [0.1, 0.15) is 11.5 Å². The van der Waals surface area contributed by atoms with Crippen LogP contribution in [0, 0.1) is 0 Å². The zero-order chi connectivity index (χ0) is 31.9. The molecule has 0 aromatic heterocycles. The Hall–Kier alpha value is -2.31. The van der Waals surface area contributed by atoms with E-state index in [9.17, 15) is 4.79 Å². The van der Waals surface area contributed by atoms with Crippen LogP contribution in [0.5, 0.6) is 11.5 Å². The maximum Gasteiger partial charge on any atom is 0.224 e. The zero-order valence-electron chi connectivity index (χ0n) is 28.9. The van der Waals surface area contributed by atoms with Gasteiger partial charge in [0.25, 0.3) is 0 Å². The monoisotopic (exact) mass is 597 g/mol. The Morgan fingerprint density at radius 1 is 0.905 bits per heavy atom. The van der Waals surface area contributed by atoms with Crippen LogP contribution in [-0.2, 0) is 20.1 Å². The van der Waals surface area contributed by atoms with Gasteiger partial charge >= 0.3 is 0 Å². The summed E-state index contributed by atoms with van der Waals surface area (Å²) in [4.78, 5) is 13.8. The normalized spacial score (nSPS) is 13.5. The van der Waals surface area contributed by atoms with E-state index in [1.165, 1.54) is 5.56 Å². The Morgan fingerprint density at radius 2 is 1.57 bits per heavy atom. The molecule has 0 saturated carbocycles. The first-order chi connectivity index (χ1) is 19.4. The topological polar surface area (TPSA) is 56.8 Å². The largest absolute Gasteiger partial charge is 0.497 e. The molecule has 0 fully saturated rings. The van der Waals surface area contributed by atoms with Crippen LogP contribution < -0.4 is 14.8 Å². The van der Waals surface area contributed by atoms with Crippen LogP contribution in [0.2, 0.25) is 18.1 Å². The van der Waals surface area contributed by atoms with E-state index in [4.69, 9.17) is 13.9 Å². The van der Waals surface area contributed by atoms with E-state index in [-0.39, 0.29) is 27.7 Å². The first-order valence-electron chi connectivity index (χ1n) is 15.7. The van der Waals surface area contributed by atoms with E-state index in [1.54, 1.807) is 14.2 Å². The molecular formula is C36H59NO4Si. The molecular weight excluding hydrogens is 538 g/mol. The molecule has 2 rings (SSSR count). The summed E-state index contributed by atoms with van der Waals surface area (Å²) in [6.07, 6.45) is 4.65. The number of ether oxygens (including phenoxy) is 2. The number of hydrogen-bond donors (Lipinski definition) is 1. The van der Waals surface area contributed by atoms with Crippen LogP contribution >= 0.6 is 0 Å². The summed E-state index contributed by atoms with van der Waals surface area (Å²) in [5.41, 5.74) is 3.91. The highest BCUT2D eigenvalue weighted by atomic mass is 28.4. The van der Waals surface area contributed by atoms with Crippen LogP contribution in [-0.4, -0.2) is 35.1 Å². The predicted octanol–water partition coefficient (Wildman–Crippen LogP) is 9.99. The van der Waals surface area contributed by atoms with Gasteiger partial charge in [-0.25, -0.2) is 0 Å². The number of anilines is 1. The highest BCUT2D eigenvalue weighted by Crippen LogP contribution is 2.40. The van der Waals surface area contributed by atoms with Gasteiger partial charge in [-0.15, -0.1) is 0 Å². The number of nitrogens with one attached hydrogen (secondary N) is 1. The quantitative estimate of drug-likeness (QED) is 0.174. The van der Waals surface area contributed by atoms with Crippen molar-refractivity contribution in [2.24, 2.45) is 0 Å². The number of benzene rings is 2. The second kappa shape index (κ2) is 14.4. The third-order valence-corrected chi connectivity index (χ3v) is 13.4. The molecule has 0 saturated heterocycles. The van der Waals surface area contributed by atoms with Crippen molar-refractivity contribution in [1.82, 2.24) is 0 Å². The first-order valence-corrected chi connectivity index (χ1v) is 18.6. The summed E-state index contributed by atoms with van der Waals surface area (Å²) < 4.78 is 17.8. The minimum Gasteiger partial charge on any atom is -0.497 e. The lowest BCUT2D eigenvalue weighted by atomic mass is 9.80. The van der Waals surface area contributed by atoms with Crippen molar-refractivity contribution in [1.29, 1.82) is 0 Å². The van der Waals surface area contributed by atoms with E-state index in [1.807, 2.05) is 18.2 Å². The van der Waals surface area contributed by atoms with Gasteiger partial charge in [0, 0.05) is 30.2 Å². The lowest BCUT2D eigenvalue weighted by molar-refractivity contribution is -0.116. The molecule has 42 heavy (non-hydrogen) atoms. The highest BCUT2D eigenvalue weighted by molar-refractivity contribution is 6.74. The molecule has 1 atom stereocenters. The molecule has 0 heterocycles. The average Bonchev–Trinajstić information content (AvgIpc) is 2.90. The summed E-state index contributed by atoms with van der Waals surface area (Å²) in [5.74, 6) is 1.59. The molecule has 2 aromatic rings. The third-order valence-electron chi connectivity index (χ3n) is 8.95. The molecule has 0 aliphatic carbocycles. The molecule has 6 heteroatoms. The molecule has 0 spiro atoms. The molecule has 1 N–H and O–H groups in total. The third kappa shape index (κ3) is 9.60. The van der Waals surface area contributed by atoms with Crippen molar-refractivity contribution in [3.05, 3.63) is 53.1 Å². The fraction of sp³-hybridized carbons (Fsp3) is 0.639. The molecule has 0 aliphatic rings. The van der Waals surface area contributed by atoms with Crippen molar-refractivity contribution in [2.45, 2.75) is 129 Å². The van der Waals surface area contributed by atoms with E-state index in [2.05, 4.69) is 98.9 Å². The van der Waals surface area contributed by atoms with E-state index < -0.39 is 8.32 Å². The Labute approximate surface area is 258 Å². The van der Waals surface area contributed by atoms with Gasteiger partial charge in [0.2, 0.25) is 5.91 Å². The maximum absolute atomic E-state index is 13.8. The van der Waals surface area contributed by atoms with Crippen molar-refractivity contribution in [3.8, 4) is 11.5 Å². The van der Waals surface area contributed by atoms with Crippen LogP contribution in [0.25, 0.3) is 0 Å². The summed E-state index contributed by atoms with van der Waals surface area (Å²) in [5, 5.41) is 3.49. The average molecular weight is 598 g/mol. The van der Waals surface area contributed by atoms with Gasteiger partial charge in [-0.1, -0.05) is 99.8 Å². The van der Waals surface area contributed by atoms with E-state index in [0.29, 0.717) is 13.0 Å². The van der Waals surface area contributed by atoms with Gasteiger partial charge in [0.05, 0.1) is 14.2 Å². The van der Waals surface area contributed by atoms with E-state index >= 15 is 0 Å². The van der Waals surface area contributed by atoms with Gasteiger partial charge in [-0.05, 0) is 64.7 Å². The maximum atomic E-state index is 13.8. The Bertz CT molecular complexity index is 1170. The molecule has 5 nitrogen and oxygen atoms in total. The van der Waals surface area contributed by atoms with Crippen LogP contribution in [0.15, 0.2) is 36.4 Å². The zero-order valence-corrected chi connectivity index (χ0v) is 29.9.